The molecule has 0 saturated carbocycles. The second-order valence-electron chi connectivity index (χ2n) is 8.39. The molecule has 0 unspecified atom stereocenters. The van der Waals surface area contributed by atoms with E-state index in [1.807, 2.05) is 0 Å². The molecule has 1 aromatic heterocycles. The molecule has 10 nitrogen and oxygen atoms in total. The summed E-state index contributed by atoms with van der Waals surface area (Å²) in [6.07, 6.45) is 0. The number of ether oxygens (including phenoxy) is 1. The van der Waals surface area contributed by atoms with Crippen LogP contribution in [0.3, 0.4) is 0 Å². The van der Waals surface area contributed by atoms with Crippen LogP contribution in [0, 0.1) is 0 Å². The molecule has 1 heterocycles. The van der Waals surface area contributed by atoms with Gasteiger partial charge in [-0.05, 0) is 66.7 Å². The number of amides is 1. The van der Waals surface area contributed by atoms with Gasteiger partial charge >= 0.3 is 0 Å². The highest BCUT2D eigenvalue weighted by Crippen LogP contribution is 2.30. The molecule has 5 aromatic rings. The third-order valence-corrected chi connectivity index (χ3v) is 7.67. The first-order valence-corrected chi connectivity index (χ1v) is 13.8. The van der Waals surface area contributed by atoms with E-state index in [2.05, 4.69) is 20.2 Å². The summed E-state index contributed by atoms with van der Waals surface area (Å²) in [6, 6.07) is 20.8. The molecule has 202 valence electrons. The standard InChI is InChI=1S/C27H18Cl2N4O6S/c28-15-8-13-21(19(14-15)25(34)30-22-6-3-4-18-24(22)27(36)32-31-26(18)35)33-40(37,38)17-11-9-16(10-12-17)39-23-7-2-1-5-20(23)29/h1-14,33H,(H,30,34)(H,31,35)(H,32,36). The Balaban J connectivity index is 1.42. The van der Waals surface area contributed by atoms with Crippen molar-refractivity contribution in [1.29, 1.82) is 0 Å². The van der Waals surface area contributed by atoms with E-state index in [9.17, 15) is 22.8 Å². The third-order valence-electron chi connectivity index (χ3n) is 5.74. The first-order chi connectivity index (χ1) is 19.1. The van der Waals surface area contributed by atoms with Crippen molar-refractivity contribution < 1.29 is 17.9 Å². The number of para-hydroxylation sites is 1. The van der Waals surface area contributed by atoms with E-state index in [1.165, 1.54) is 60.7 Å². The number of hydrogen-bond acceptors (Lipinski definition) is 6. The lowest BCUT2D eigenvalue weighted by Gasteiger charge is -2.14. The highest BCUT2D eigenvalue weighted by molar-refractivity contribution is 7.92. The van der Waals surface area contributed by atoms with Crippen LogP contribution >= 0.6 is 23.2 Å². The maximum atomic E-state index is 13.3. The quantitative estimate of drug-likeness (QED) is 0.198. The average molecular weight is 597 g/mol. The van der Waals surface area contributed by atoms with Gasteiger partial charge in [0, 0.05) is 5.02 Å². The van der Waals surface area contributed by atoms with Crippen LogP contribution in [0.5, 0.6) is 11.5 Å². The van der Waals surface area contributed by atoms with Crippen molar-refractivity contribution in [1.82, 2.24) is 10.2 Å². The van der Waals surface area contributed by atoms with E-state index in [1.54, 1.807) is 24.3 Å². The summed E-state index contributed by atoms with van der Waals surface area (Å²) < 4.78 is 34.5. The van der Waals surface area contributed by atoms with Crippen molar-refractivity contribution in [3.8, 4) is 11.5 Å². The van der Waals surface area contributed by atoms with Crippen LogP contribution in [-0.2, 0) is 10.0 Å². The summed E-state index contributed by atoms with van der Waals surface area (Å²) in [6.45, 7) is 0. The Morgan fingerprint density at radius 1 is 0.800 bits per heavy atom. The van der Waals surface area contributed by atoms with E-state index >= 15 is 0 Å². The fourth-order valence-electron chi connectivity index (χ4n) is 3.86. The normalized spacial score (nSPS) is 11.2. The van der Waals surface area contributed by atoms with Crippen molar-refractivity contribution >= 4 is 61.3 Å². The number of anilines is 2. The lowest BCUT2D eigenvalue weighted by Crippen LogP contribution is -2.22. The molecule has 0 aliphatic carbocycles. The number of fused-ring (bicyclic) bond motifs is 1. The monoisotopic (exact) mass is 596 g/mol. The molecule has 5 rings (SSSR count). The first-order valence-electron chi connectivity index (χ1n) is 11.5. The van der Waals surface area contributed by atoms with Gasteiger partial charge in [0.15, 0.2) is 0 Å². The van der Waals surface area contributed by atoms with Gasteiger partial charge in [-0.3, -0.25) is 29.3 Å². The van der Waals surface area contributed by atoms with Gasteiger partial charge in [0.05, 0.1) is 37.6 Å². The van der Waals surface area contributed by atoms with Gasteiger partial charge in [-0.2, -0.15) is 0 Å². The molecule has 4 aromatic carbocycles. The number of aromatic nitrogens is 2. The van der Waals surface area contributed by atoms with Crippen LogP contribution < -0.4 is 25.9 Å². The van der Waals surface area contributed by atoms with Gasteiger partial charge < -0.3 is 10.1 Å². The largest absolute Gasteiger partial charge is 0.456 e. The van der Waals surface area contributed by atoms with Crippen molar-refractivity contribution in [2.75, 3.05) is 10.0 Å². The molecule has 0 aliphatic rings. The highest BCUT2D eigenvalue weighted by atomic mass is 35.5. The van der Waals surface area contributed by atoms with Crippen LogP contribution in [0.1, 0.15) is 10.4 Å². The number of nitrogens with one attached hydrogen (secondary N) is 4. The number of hydrogen-bond donors (Lipinski definition) is 4. The van der Waals surface area contributed by atoms with E-state index in [0.717, 1.165) is 0 Å². The molecular formula is C27H18Cl2N4O6S. The predicted molar refractivity (Wildman–Crippen MR) is 153 cm³/mol. The maximum Gasteiger partial charge on any atom is 0.272 e. The van der Waals surface area contributed by atoms with E-state index in [0.29, 0.717) is 16.5 Å². The molecule has 0 fully saturated rings. The number of sulfonamides is 1. The number of rotatable bonds is 7. The van der Waals surface area contributed by atoms with Gasteiger partial charge in [-0.1, -0.05) is 41.4 Å². The second kappa shape index (κ2) is 10.9. The molecule has 0 saturated heterocycles. The SMILES string of the molecule is O=C(Nc1cccc2c(=O)[nH][nH]c(=O)c12)c1cc(Cl)ccc1NS(=O)(=O)c1ccc(Oc2ccccc2Cl)cc1. The minimum Gasteiger partial charge on any atom is -0.456 e. The summed E-state index contributed by atoms with van der Waals surface area (Å²) in [5.74, 6) is 0.00546. The molecule has 0 radical (unpaired) electrons. The fourth-order valence-corrected chi connectivity index (χ4v) is 5.29. The fraction of sp³-hybridized carbons (Fsp3) is 0. The zero-order valence-electron chi connectivity index (χ0n) is 20.2. The van der Waals surface area contributed by atoms with Crippen LogP contribution in [0.15, 0.2) is 99.4 Å². The molecule has 1 amide bonds. The topological polar surface area (TPSA) is 150 Å². The predicted octanol–water partition coefficient (Wildman–Crippen LogP) is 5.37. The van der Waals surface area contributed by atoms with Crippen LogP contribution in [0.2, 0.25) is 10.0 Å². The van der Waals surface area contributed by atoms with Crippen LogP contribution in [0.4, 0.5) is 11.4 Å². The molecular weight excluding hydrogens is 579 g/mol. The van der Waals surface area contributed by atoms with E-state index in [4.69, 9.17) is 27.9 Å². The van der Waals surface area contributed by atoms with Gasteiger partial charge in [0.2, 0.25) is 0 Å². The Kier molecular flexibility index (Phi) is 7.35. The number of H-pyrrole nitrogens is 2. The zero-order chi connectivity index (χ0) is 28.4. The first kappa shape index (κ1) is 27.0. The average Bonchev–Trinajstić information content (AvgIpc) is 2.93. The molecule has 0 bridgehead atoms. The van der Waals surface area contributed by atoms with Crippen molar-refractivity contribution in [2.45, 2.75) is 4.90 Å². The third kappa shape index (κ3) is 5.57. The number of carbonyl (C=O) groups excluding carboxylic acids is 1. The van der Waals surface area contributed by atoms with Crippen LogP contribution in [-0.4, -0.2) is 24.5 Å². The Morgan fingerprint density at radius 2 is 1.52 bits per heavy atom. The second-order valence-corrected chi connectivity index (χ2v) is 10.9. The van der Waals surface area contributed by atoms with Gasteiger partial charge in [0.1, 0.15) is 11.5 Å². The zero-order valence-corrected chi connectivity index (χ0v) is 22.5. The lowest BCUT2D eigenvalue weighted by atomic mass is 10.1. The highest BCUT2D eigenvalue weighted by Gasteiger charge is 2.21. The molecule has 0 aliphatic heterocycles. The minimum atomic E-state index is -4.16. The van der Waals surface area contributed by atoms with Gasteiger partial charge in [0.25, 0.3) is 27.0 Å². The van der Waals surface area contributed by atoms with Gasteiger partial charge in [-0.25, -0.2) is 8.42 Å². The maximum absolute atomic E-state index is 13.3. The van der Waals surface area contributed by atoms with Crippen molar-refractivity contribution in [3.05, 3.63) is 121 Å². The van der Waals surface area contributed by atoms with Gasteiger partial charge in [-0.15, -0.1) is 0 Å². The lowest BCUT2D eigenvalue weighted by molar-refractivity contribution is 0.102. The van der Waals surface area contributed by atoms with Crippen LogP contribution in [0.25, 0.3) is 10.8 Å². The molecule has 4 N–H and O–H groups in total. The Morgan fingerprint density at radius 3 is 2.27 bits per heavy atom. The Hall–Kier alpha value is -4.58. The van der Waals surface area contributed by atoms with E-state index in [-0.39, 0.29) is 37.6 Å². The Bertz CT molecular complexity index is 1990. The number of carbonyl (C=O) groups is 1. The number of aromatic amines is 2. The minimum absolute atomic E-state index is 0.0390. The summed E-state index contributed by atoms with van der Waals surface area (Å²) in [4.78, 5) is 37.7. The van der Waals surface area contributed by atoms with E-state index < -0.39 is 27.0 Å². The summed E-state index contributed by atoms with van der Waals surface area (Å²) >= 11 is 12.2. The summed E-state index contributed by atoms with van der Waals surface area (Å²) in [7, 11) is -4.16. The molecule has 0 spiro atoms. The number of benzene rings is 4. The molecule has 13 heteroatoms. The Labute approximate surface area is 236 Å². The van der Waals surface area contributed by atoms with Crippen molar-refractivity contribution in [3.63, 3.8) is 0 Å². The summed E-state index contributed by atoms with van der Waals surface area (Å²) in [5, 5.41) is 7.59. The number of halogens is 2. The van der Waals surface area contributed by atoms with Crippen molar-refractivity contribution in [2.24, 2.45) is 0 Å². The molecule has 40 heavy (non-hydrogen) atoms. The smallest absolute Gasteiger partial charge is 0.272 e. The molecule has 0 atom stereocenters. The summed E-state index contributed by atoms with van der Waals surface area (Å²) in [5.41, 5.74) is -1.30.